The van der Waals surface area contributed by atoms with Crippen molar-refractivity contribution in [2.45, 2.75) is 6.18 Å². The molecule has 16 heavy (non-hydrogen) atoms. The summed E-state index contributed by atoms with van der Waals surface area (Å²) in [6, 6.07) is 3.83. The number of fused-ring (bicyclic) bond motifs is 1. The molecule has 0 atom stereocenters. The van der Waals surface area contributed by atoms with Gasteiger partial charge in [-0.25, -0.2) is 0 Å². The van der Waals surface area contributed by atoms with Crippen molar-refractivity contribution in [1.82, 2.24) is 4.98 Å². The van der Waals surface area contributed by atoms with Gasteiger partial charge in [-0.2, -0.15) is 13.2 Å². The van der Waals surface area contributed by atoms with Crippen molar-refractivity contribution in [3.63, 3.8) is 0 Å². The second-order valence-electron chi connectivity index (χ2n) is 3.18. The maximum atomic E-state index is 12.6. The zero-order valence-corrected chi connectivity index (χ0v) is 11.4. The van der Waals surface area contributed by atoms with E-state index in [2.05, 4.69) is 20.9 Å². The standard InChI is InChI=1S/C10H4BrF3IN/c11-7-2-5-1-6(10(12,13)14)3-8(15)9(5)16-4-7/h1-4H. The van der Waals surface area contributed by atoms with Gasteiger partial charge in [0.05, 0.1) is 11.1 Å². The van der Waals surface area contributed by atoms with E-state index in [1.807, 2.05) is 22.6 Å². The van der Waals surface area contributed by atoms with Crippen LogP contribution in [0.2, 0.25) is 0 Å². The number of rotatable bonds is 0. The molecule has 0 saturated heterocycles. The quantitative estimate of drug-likeness (QED) is 0.587. The molecule has 0 saturated carbocycles. The van der Waals surface area contributed by atoms with Crippen molar-refractivity contribution >= 4 is 49.4 Å². The first-order valence-electron chi connectivity index (χ1n) is 4.20. The molecule has 1 nitrogen and oxygen atoms in total. The molecule has 0 aliphatic heterocycles. The van der Waals surface area contributed by atoms with E-state index in [1.165, 1.54) is 0 Å². The highest BCUT2D eigenvalue weighted by Gasteiger charge is 2.31. The minimum Gasteiger partial charge on any atom is -0.254 e. The normalized spacial score (nSPS) is 12.1. The van der Waals surface area contributed by atoms with Gasteiger partial charge < -0.3 is 0 Å². The number of pyridine rings is 1. The minimum absolute atomic E-state index is 0.480. The number of hydrogen-bond donors (Lipinski definition) is 0. The highest BCUT2D eigenvalue weighted by molar-refractivity contribution is 14.1. The Morgan fingerprint density at radius 2 is 1.88 bits per heavy atom. The molecule has 0 fully saturated rings. The van der Waals surface area contributed by atoms with Crippen LogP contribution in [0.25, 0.3) is 10.9 Å². The van der Waals surface area contributed by atoms with Crippen LogP contribution in [0.3, 0.4) is 0 Å². The van der Waals surface area contributed by atoms with Crippen molar-refractivity contribution in [2.75, 3.05) is 0 Å². The van der Waals surface area contributed by atoms with Crippen molar-refractivity contribution < 1.29 is 13.2 Å². The first kappa shape index (κ1) is 12.1. The monoisotopic (exact) mass is 401 g/mol. The number of halogens is 5. The fraction of sp³-hybridized carbons (Fsp3) is 0.100. The van der Waals surface area contributed by atoms with Crippen LogP contribution in [0.4, 0.5) is 13.2 Å². The zero-order chi connectivity index (χ0) is 11.9. The molecule has 0 radical (unpaired) electrons. The molecule has 0 amide bonds. The van der Waals surface area contributed by atoms with E-state index in [4.69, 9.17) is 0 Å². The molecule has 0 spiro atoms. The molecule has 1 aromatic heterocycles. The summed E-state index contributed by atoms with van der Waals surface area (Å²) >= 11 is 5.04. The largest absolute Gasteiger partial charge is 0.416 e. The number of alkyl halides is 3. The molecule has 0 aliphatic carbocycles. The highest BCUT2D eigenvalue weighted by atomic mass is 127. The van der Waals surface area contributed by atoms with Gasteiger partial charge in [-0.15, -0.1) is 0 Å². The fourth-order valence-corrected chi connectivity index (χ4v) is 2.48. The molecule has 0 bridgehead atoms. The molecule has 84 valence electrons. The summed E-state index contributed by atoms with van der Waals surface area (Å²) in [5, 5.41) is 0.480. The van der Waals surface area contributed by atoms with Crippen LogP contribution in [0, 0.1) is 3.57 Å². The van der Waals surface area contributed by atoms with Crippen LogP contribution in [0.15, 0.2) is 28.9 Å². The SMILES string of the molecule is FC(F)(F)c1cc(I)c2ncc(Br)cc2c1. The van der Waals surface area contributed by atoms with Crippen molar-refractivity contribution in [2.24, 2.45) is 0 Å². The lowest BCUT2D eigenvalue weighted by Gasteiger charge is -2.09. The van der Waals surface area contributed by atoms with Crippen LogP contribution in [-0.2, 0) is 6.18 Å². The zero-order valence-electron chi connectivity index (χ0n) is 7.65. The van der Waals surface area contributed by atoms with E-state index in [-0.39, 0.29) is 0 Å². The average Bonchev–Trinajstić information content (AvgIpc) is 2.15. The molecule has 0 N–H and O–H groups in total. The summed E-state index contributed by atoms with van der Waals surface area (Å²) in [6.07, 6.45) is -2.76. The third kappa shape index (κ3) is 2.32. The van der Waals surface area contributed by atoms with Gasteiger partial charge in [-0.1, -0.05) is 0 Å². The topological polar surface area (TPSA) is 12.9 Å². The van der Waals surface area contributed by atoms with Crippen LogP contribution in [-0.4, -0.2) is 4.98 Å². The van der Waals surface area contributed by atoms with Crippen molar-refractivity contribution in [3.8, 4) is 0 Å². The number of aromatic nitrogens is 1. The smallest absolute Gasteiger partial charge is 0.254 e. The second-order valence-corrected chi connectivity index (χ2v) is 5.26. The van der Waals surface area contributed by atoms with Crippen LogP contribution in [0.1, 0.15) is 5.56 Å². The van der Waals surface area contributed by atoms with Crippen molar-refractivity contribution in [3.05, 3.63) is 38.0 Å². The van der Waals surface area contributed by atoms with Gasteiger partial charge in [0.2, 0.25) is 0 Å². The average molecular weight is 402 g/mol. The van der Waals surface area contributed by atoms with Gasteiger partial charge in [-0.3, -0.25) is 4.98 Å². The summed E-state index contributed by atoms with van der Waals surface area (Å²) < 4.78 is 38.8. The van der Waals surface area contributed by atoms with Gasteiger partial charge in [-0.05, 0) is 56.7 Å². The summed E-state index contributed by atoms with van der Waals surface area (Å²) in [7, 11) is 0. The molecule has 2 aromatic rings. The number of hydrogen-bond acceptors (Lipinski definition) is 1. The summed E-state index contributed by atoms with van der Waals surface area (Å²) in [5.74, 6) is 0. The lowest BCUT2D eigenvalue weighted by molar-refractivity contribution is -0.137. The molecule has 0 unspecified atom stereocenters. The maximum absolute atomic E-state index is 12.6. The van der Waals surface area contributed by atoms with Gasteiger partial charge in [0.25, 0.3) is 0 Å². The van der Waals surface area contributed by atoms with Gasteiger partial charge in [0.15, 0.2) is 0 Å². The molecule has 0 aliphatic rings. The predicted octanol–water partition coefficient (Wildman–Crippen LogP) is 4.62. The Balaban J connectivity index is 2.75. The number of nitrogens with zero attached hydrogens (tertiary/aromatic N) is 1. The Kier molecular flexibility index (Phi) is 3.13. The highest BCUT2D eigenvalue weighted by Crippen LogP contribution is 2.33. The first-order valence-corrected chi connectivity index (χ1v) is 6.07. The summed E-state index contributed by atoms with van der Waals surface area (Å²) in [5.41, 5.74) is -0.0684. The molecule has 2 rings (SSSR count). The van der Waals surface area contributed by atoms with Gasteiger partial charge >= 0.3 is 6.18 Å². The van der Waals surface area contributed by atoms with E-state index in [9.17, 15) is 13.2 Å². The summed E-state index contributed by atoms with van der Waals surface area (Å²) in [4.78, 5) is 4.08. The van der Waals surface area contributed by atoms with Gasteiger partial charge in [0, 0.05) is 19.6 Å². The van der Waals surface area contributed by atoms with Gasteiger partial charge in [0.1, 0.15) is 0 Å². The Morgan fingerprint density at radius 1 is 1.19 bits per heavy atom. The van der Waals surface area contributed by atoms with Crippen LogP contribution >= 0.6 is 38.5 Å². The third-order valence-electron chi connectivity index (χ3n) is 2.03. The van der Waals surface area contributed by atoms with E-state index >= 15 is 0 Å². The maximum Gasteiger partial charge on any atom is 0.416 e. The van der Waals surface area contributed by atoms with Crippen LogP contribution < -0.4 is 0 Å². The lowest BCUT2D eigenvalue weighted by Crippen LogP contribution is -2.05. The Morgan fingerprint density at radius 3 is 2.50 bits per heavy atom. The molecule has 1 heterocycles. The Hall–Kier alpha value is -0.370. The fourth-order valence-electron chi connectivity index (χ4n) is 1.34. The van der Waals surface area contributed by atoms with E-state index in [0.29, 0.717) is 18.9 Å². The Labute approximate surface area is 111 Å². The minimum atomic E-state index is -4.32. The third-order valence-corrected chi connectivity index (χ3v) is 3.29. The van der Waals surface area contributed by atoms with Crippen molar-refractivity contribution in [1.29, 1.82) is 0 Å². The first-order chi connectivity index (χ1) is 7.38. The van der Waals surface area contributed by atoms with E-state index in [1.54, 1.807) is 12.3 Å². The Bertz CT molecular complexity index is 553. The molecular weight excluding hydrogens is 398 g/mol. The van der Waals surface area contributed by atoms with E-state index in [0.717, 1.165) is 12.1 Å². The summed E-state index contributed by atoms with van der Waals surface area (Å²) in [6.45, 7) is 0. The van der Waals surface area contributed by atoms with Crippen LogP contribution in [0.5, 0.6) is 0 Å². The van der Waals surface area contributed by atoms with E-state index < -0.39 is 11.7 Å². The lowest BCUT2D eigenvalue weighted by atomic mass is 10.1. The molecule has 6 heteroatoms. The molecule has 1 aromatic carbocycles. The molecular formula is C10H4BrF3IN. The number of benzene rings is 1. The second kappa shape index (κ2) is 4.14. The predicted molar refractivity (Wildman–Crippen MR) is 67.2 cm³/mol.